The van der Waals surface area contributed by atoms with E-state index in [1.54, 1.807) is 6.07 Å². The Morgan fingerprint density at radius 1 is 1.48 bits per heavy atom. The predicted octanol–water partition coefficient (Wildman–Crippen LogP) is 3.58. The van der Waals surface area contributed by atoms with Crippen molar-refractivity contribution in [1.82, 2.24) is 10.2 Å². The molecule has 1 fully saturated rings. The molecule has 1 aromatic rings. The molecule has 5 heteroatoms. The lowest BCUT2D eigenvalue weighted by molar-refractivity contribution is 0.0945. The number of piperidine rings is 1. The van der Waals surface area contributed by atoms with Crippen molar-refractivity contribution in [1.29, 1.82) is 0 Å². The lowest BCUT2D eigenvalue weighted by atomic mass is 10.0. The van der Waals surface area contributed by atoms with Crippen LogP contribution in [0.25, 0.3) is 0 Å². The molecule has 0 aliphatic carbocycles. The van der Waals surface area contributed by atoms with Crippen molar-refractivity contribution >= 4 is 21.8 Å². The first-order valence-electron chi connectivity index (χ1n) is 7.55. The monoisotopic (exact) mass is 356 g/mol. The van der Waals surface area contributed by atoms with Crippen LogP contribution in [0.15, 0.2) is 22.7 Å². The van der Waals surface area contributed by atoms with E-state index < -0.39 is 5.82 Å². The molecule has 2 rings (SSSR count). The first kappa shape index (κ1) is 16.4. The maximum atomic E-state index is 13.7. The highest BCUT2D eigenvalue weighted by atomic mass is 79.9. The fourth-order valence-electron chi connectivity index (χ4n) is 2.74. The maximum absolute atomic E-state index is 13.7. The summed E-state index contributed by atoms with van der Waals surface area (Å²) in [5, 5.41) is 2.79. The lowest BCUT2D eigenvalue weighted by Gasteiger charge is -2.33. The SMILES string of the molecule is CC1CCCCN1CCCNC(=O)c1ccc(Br)cc1F. The Hall–Kier alpha value is -0.940. The standard InChI is InChI=1S/C16H22BrFN2O/c1-12-5-2-3-9-20(12)10-4-8-19-16(21)14-7-6-13(17)11-15(14)18/h6-7,11-12H,2-5,8-10H2,1H3,(H,19,21). The average Bonchev–Trinajstić information content (AvgIpc) is 2.45. The van der Waals surface area contributed by atoms with Gasteiger partial charge in [-0.25, -0.2) is 4.39 Å². The van der Waals surface area contributed by atoms with Gasteiger partial charge in [-0.3, -0.25) is 4.79 Å². The number of benzene rings is 1. The Bertz CT molecular complexity index is 495. The number of carbonyl (C=O) groups is 1. The number of likely N-dealkylation sites (tertiary alicyclic amines) is 1. The maximum Gasteiger partial charge on any atom is 0.254 e. The minimum absolute atomic E-state index is 0.101. The molecule has 0 spiro atoms. The van der Waals surface area contributed by atoms with E-state index >= 15 is 0 Å². The average molecular weight is 357 g/mol. The van der Waals surface area contributed by atoms with Crippen LogP contribution >= 0.6 is 15.9 Å². The van der Waals surface area contributed by atoms with Gasteiger partial charge in [-0.15, -0.1) is 0 Å². The summed E-state index contributed by atoms with van der Waals surface area (Å²) >= 11 is 3.18. The van der Waals surface area contributed by atoms with E-state index in [9.17, 15) is 9.18 Å². The van der Waals surface area contributed by atoms with Gasteiger partial charge in [0.25, 0.3) is 5.91 Å². The molecule has 21 heavy (non-hydrogen) atoms. The molecule has 1 atom stereocenters. The van der Waals surface area contributed by atoms with Crippen LogP contribution < -0.4 is 5.32 Å². The van der Waals surface area contributed by atoms with Gasteiger partial charge in [0.05, 0.1) is 5.56 Å². The number of hydrogen-bond donors (Lipinski definition) is 1. The Morgan fingerprint density at radius 2 is 2.29 bits per heavy atom. The Labute approximate surface area is 134 Å². The molecule has 116 valence electrons. The van der Waals surface area contributed by atoms with Crippen molar-refractivity contribution in [2.45, 2.75) is 38.6 Å². The summed E-state index contributed by atoms with van der Waals surface area (Å²) in [7, 11) is 0. The van der Waals surface area contributed by atoms with Crippen LogP contribution in [0.3, 0.4) is 0 Å². The van der Waals surface area contributed by atoms with E-state index in [-0.39, 0.29) is 11.5 Å². The third-order valence-electron chi connectivity index (χ3n) is 4.02. The molecule has 1 aliphatic rings. The van der Waals surface area contributed by atoms with E-state index in [0.29, 0.717) is 17.1 Å². The van der Waals surface area contributed by atoms with Gasteiger partial charge in [0.2, 0.25) is 0 Å². The molecule has 1 aliphatic heterocycles. The number of carbonyl (C=O) groups excluding carboxylic acids is 1. The summed E-state index contributed by atoms with van der Waals surface area (Å²) in [6, 6.07) is 5.12. The summed E-state index contributed by atoms with van der Waals surface area (Å²) in [4.78, 5) is 14.4. The summed E-state index contributed by atoms with van der Waals surface area (Å²) in [5.41, 5.74) is 0.101. The summed E-state index contributed by atoms with van der Waals surface area (Å²) < 4.78 is 14.3. The van der Waals surface area contributed by atoms with Crippen LogP contribution in [0, 0.1) is 5.82 Å². The first-order chi connectivity index (χ1) is 10.1. The van der Waals surface area contributed by atoms with Gasteiger partial charge >= 0.3 is 0 Å². The normalized spacial score (nSPS) is 19.5. The van der Waals surface area contributed by atoms with Gasteiger partial charge in [-0.2, -0.15) is 0 Å². The predicted molar refractivity (Wildman–Crippen MR) is 85.9 cm³/mol. The second-order valence-corrected chi connectivity index (χ2v) is 6.53. The smallest absolute Gasteiger partial charge is 0.254 e. The van der Waals surface area contributed by atoms with E-state index in [0.717, 1.165) is 19.5 Å². The van der Waals surface area contributed by atoms with Crippen LogP contribution in [0.5, 0.6) is 0 Å². The molecule has 3 nitrogen and oxygen atoms in total. The fourth-order valence-corrected chi connectivity index (χ4v) is 3.08. The number of amides is 1. The summed E-state index contributed by atoms with van der Waals surface area (Å²) in [6.07, 6.45) is 4.74. The van der Waals surface area contributed by atoms with Gasteiger partial charge < -0.3 is 10.2 Å². The molecule has 0 radical (unpaired) electrons. The summed E-state index contributed by atoms with van der Waals surface area (Å²) in [5.74, 6) is -0.835. The lowest BCUT2D eigenvalue weighted by Crippen LogP contribution is -2.39. The van der Waals surface area contributed by atoms with Crippen molar-refractivity contribution in [3.8, 4) is 0 Å². The highest BCUT2D eigenvalue weighted by molar-refractivity contribution is 9.10. The minimum Gasteiger partial charge on any atom is -0.352 e. The second-order valence-electron chi connectivity index (χ2n) is 5.61. The van der Waals surface area contributed by atoms with Crippen LogP contribution in [-0.4, -0.2) is 36.5 Å². The molecular formula is C16H22BrFN2O. The number of halogens is 2. The molecule has 1 saturated heterocycles. The minimum atomic E-state index is -0.494. The van der Waals surface area contributed by atoms with Gasteiger partial charge in [0, 0.05) is 23.6 Å². The molecule has 0 saturated carbocycles. The topological polar surface area (TPSA) is 32.3 Å². The van der Waals surface area contributed by atoms with Gasteiger partial charge in [0.1, 0.15) is 5.82 Å². The van der Waals surface area contributed by atoms with Crippen molar-refractivity contribution in [2.75, 3.05) is 19.6 Å². The fraction of sp³-hybridized carbons (Fsp3) is 0.562. The van der Waals surface area contributed by atoms with Crippen molar-refractivity contribution in [3.05, 3.63) is 34.1 Å². The van der Waals surface area contributed by atoms with Gasteiger partial charge in [0.15, 0.2) is 0 Å². The zero-order valence-electron chi connectivity index (χ0n) is 12.4. The molecular weight excluding hydrogens is 335 g/mol. The van der Waals surface area contributed by atoms with Crippen LogP contribution in [0.2, 0.25) is 0 Å². The van der Waals surface area contributed by atoms with E-state index in [1.807, 2.05) is 0 Å². The third-order valence-corrected chi connectivity index (χ3v) is 4.52. The molecule has 0 aromatic heterocycles. The van der Waals surface area contributed by atoms with Crippen LogP contribution in [0.4, 0.5) is 4.39 Å². The second kappa shape index (κ2) is 7.90. The molecule has 1 heterocycles. The number of rotatable bonds is 5. The van der Waals surface area contributed by atoms with E-state index in [2.05, 4.69) is 33.1 Å². The third kappa shape index (κ3) is 4.78. The zero-order chi connectivity index (χ0) is 15.2. The zero-order valence-corrected chi connectivity index (χ0v) is 14.0. The molecule has 0 bridgehead atoms. The first-order valence-corrected chi connectivity index (χ1v) is 8.34. The molecule has 1 N–H and O–H groups in total. The Balaban J connectivity index is 1.74. The van der Waals surface area contributed by atoms with Crippen molar-refractivity contribution < 1.29 is 9.18 Å². The van der Waals surface area contributed by atoms with Gasteiger partial charge in [-0.05, 0) is 50.9 Å². The van der Waals surface area contributed by atoms with Crippen LogP contribution in [0.1, 0.15) is 43.0 Å². The number of nitrogens with one attached hydrogen (secondary N) is 1. The molecule has 1 aromatic carbocycles. The molecule has 1 unspecified atom stereocenters. The van der Waals surface area contributed by atoms with E-state index in [4.69, 9.17) is 0 Å². The van der Waals surface area contributed by atoms with E-state index in [1.165, 1.54) is 31.4 Å². The summed E-state index contributed by atoms with van der Waals surface area (Å²) in [6.45, 7) is 4.98. The van der Waals surface area contributed by atoms with Crippen LogP contribution in [-0.2, 0) is 0 Å². The Morgan fingerprint density at radius 3 is 3.00 bits per heavy atom. The Kier molecular flexibility index (Phi) is 6.18. The van der Waals surface area contributed by atoms with Gasteiger partial charge in [-0.1, -0.05) is 22.4 Å². The quantitative estimate of drug-likeness (QED) is 0.817. The number of nitrogens with zero attached hydrogens (tertiary/aromatic N) is 1. The highest BCUT2D eigenvalue weighted by Crippen LogP contribution is 2.16. The highest BCUT2D eigenvalue weighted by Gasteiger charge is 2.17. The number of hydrogen-bond acceptors (Lipinski definition) is 2. The van der Waals surface area contributed by atoms with Crippen molar-refractivity contribution in [3.63, 3.8) is 0 Å². The largest absolute Gasteiger partial charge is 0.352 e. The van der Waals surface area contributed by atoms with Crippen molar-refractivity contribution in [2.24, 2.45) is 0 Å². The molecule has 1 amide bonds.